The molecular weight excluding hydrogens is 638 g/mol. The fourth-order valence-corrected chi connectivity index (χ4v) is 7.69. The number of ether oxygens (including phenoxy) is 3. The average Bonchev–Trinajstić information content (AvgIpc) is 3.78. The molecule has 3 heterocycles. The molecule has 50 heavy (non-hydrogen) atoms. The molecule has 0 aliphatic carbocycles. The Labute approximate surface area is 294 Å². The van der Waals surface area contributed by atoms with Crippen LogP contribution in [0.4, 0.5) is 5.69 Å². The number of rotatable bonds is 19. The molecule has 6 atom stereocenters. The highest BCUT2D eigenvalue weighted by Gasteiger charge is 2.75. The molecule has 0 saturated carbocycles. The van der Waals surface area contributed by atoms with E-state index in [0.29, 0.717) is 55.6 Å². The number of aliphatic hydroxyl groups is 1. The largest absolute Gasteiger partial charge is 0.497 e. The number of unbranched alkanes of at least 4 members (excludes halogenated alkanes) is 3. The van der Waals surface area contributed by atoms with Crippen LogP contribution in [0.2, 0.25) is 0 Å². The van der Waals surface area contributed by atoms with E-state index in [1.807, 2.05) is 30.3 Å². The van der Waals surface area contributed by atoms with Crippen LogP contribution in [0.25, 0.3) is 0 Å². The molecular formula is C39H49N3O8. The summed E-state index contributed by atoms with van der Waals surface area (Å²) in [5.74, 6) is -2.55. The third kappa shape index (κ3) is 7.63. The van der Waals surface area contributed by atoms with Gasteiger partial charge in [0, 0.05) is 31.8 Å². The van der Waals surface area contributed by atoms with Gasteiger partial charge in [-0.1, -0.05) is 55.3 Å². The zero-order valence-corrected chi connectivity index (χ0v) is 28.8. The van der Waals surface area contributed by atoms with E-state index in [4.69, 9.17) is 14.2 Å². The number of benzene rings is 2. The third-order valence-corrected chi connectivity index (χ3v) is 10.1. The van der Waals surface area contributed by atoms with Crippen molar-refractivity contribution < 1.29 is 38.5 Å². The summed E-state index contributed by atoms with van der Waals surface area (Å²) in [7, 11) is 1.57. The molecule has 0 unspecified atom stereocenters. The number of allylic oxidation sites excluding steroid dienone is 1. The standard InChI is InChI=1S/C39H49N3O8/c1-4-6-16-32(44)40-26-31(27-14-10-9-11-15-27)49-38(47)33-30-21-22-39(50-30)34(33)36(45)42(24-12-7-8-13-25-43)35(39)37(46)41(23-5-2)28-17-19-29(48-3)20-18-28/h4-5,9-11,14-15,17-20,30-31,33-35,43H,1-2,6-8,12-13,16,21-26H2,3H3,(H,40,44)/t30-,31+,33+,34+,35-,39+/m0/s1. The van der Waals surface area contributed by atoms with Crippen LogP contribution in [-0.4, -0.2) is 84.8 Å². The monoisotopic (exact) mass is 687 g/mol. The molecule has 2 N–H and O–H groups in total. The maximum Gasteiger partial charge on any atom is 0.313 e. The number of aliphatic hydroxyl groups excluding tert-OH is 1. The van der Waals surface area contributed by atoms with Crippen molar-refractivity contribution in [3.63, 3.8) is 0 Å². The number of nitrogens with zero attached hydrogens (tertiary/aromatic N) is 2. The minimum absolute atomic E-state index is 0.0627. The Kier molecular flexibility index (Phi) is 12.5. The van der Waals surface area contributed by atoms with Gasteiger partial charge in [0.1, 0.15) is 23.5 Å². The Morgan fingerprint density at radius 2 is 1.82 bits per heavy atom. The Hall–Kier alpha value is -4.48. The number of methoxy groups -OCH3 is 1. The fraction of sp³-hybridized carbons (Fsp3) is 0.487. The first-order chi connectivity index (χ1) is 24.3. The maximum atomic E-state index is 14.7. The molecule has 2 bridgehead atoms. The first-order valence-electron chi connectivity index (χ1n) is 17.6. The summed E-state index contributed by atoms with van der Waals surface area (Å²) in [6.45, 7) is 8.21. The summed E-state index contributed by atoms with van der Waals surface area (Å²) in [6.07, 6.45) is 6.50. The summed E-state index contributed by atoms with van der Waals surface area (Å²) in [4.78, 5) is 59.2. The molecule has 3 fully saturated rings. The second kappa shape index (κ2) is 17.0. The summed E-state index contributed by atoms with van der Waals surface area (Å²) in [5, 5.41) is 12.1. The van der Waals surface area contributed by atoms with Gasteiger partial charge in [0.15, 0.2) is 0 Å². The van der Waals surface area contributed by atoms with Crippen molar-refractivity contribution in [2.24, 2.45) is 11.8 Å². The topological polar surface area (TPSA) is 135 Å². The first kappa shape index (κ1) is 36.8. The van der Waals surface area contributed by atoms with Gasteiger partial charge in [-0.3, -0.25) is 19.2 Å². The molecule has 3 aliphatic heterocycles. The van der Waals surface area contributed by atoms with Crippen LogP contribution in [-0.2, 0) is 28.7 Å². The van der Waals surface area contributed by atoms with Gasteiger partial charge in [-0.25, -0.2) is 0 Å². The molecule has 1 spiro atoms. The molecule has 5 rings (SSSR count). The molecule has 2 aromatic carbocycles. The number of anilines is 1. The lowest BCUT2D eigenvalue weighted by Crippen LogP contribution is -2.56. The highest BCUT2D eigenvalue weighted by Crippen LogP contribution is 2.59. The van der Waals surface area contributed by atoms with E-state index in [0.717, 1.165) is 12.8 Å². The quantitative estimate of drug-likeness (QED) is 0.125. The van der Waals surface area contributed by atoms with Crippen LogP contribution in [0.15, 0.2) is 79.9 Å². The predicted octanol–water partition coefficient (Wildman–Crippen LogP) is 4.51. The number of nitrogens with one attached hydrogen (secondary N) is 1. The Balaban J connectivity index is 1.44. The van der Waals surface area contributed by atoms with Crippen molar-refractivity contribution in [2.75, 3.05) is 38.3 Å². The van der Waals surface area contributed by atoms with Crippen LogP contribution < -0.4 is 15.0 Å². The van der Waals surface area contributed by atoms with Crippen LogP contribution in [0.5, 0.6) is 5.75 Å². The second-order valence-electron chi connectivity index (χ2n) is 13.1. The highest BCUT2D eigenvalue weighted by atomic mass is 16.6. The zero-order valence-electron chi connectivity index (χ0n) is 28.8. The van der Waals surface area contributed by atoms with Gasteiger partial charge in [0.25, 0.3) is 5.91 Å². The van der Waals surface area contributed by atoms with Crippen molar-refractivity contribution in [1.29, 1.82) is 0 Å². The van der Waals surface area contributed by atoms with Gasteiger partial charge in [0.05, 0.1) is 31.6 Å². The number of amides is 3. The number of hydrogen-bond acceptors (Lipinski definition) is 8. The minimum Gasteiger partial charge on any atom is -0.497 e. The predicted molar refractivity (Wildman–Crippen MR) is 188 cm³/mol. The van der Waals surface area contributed by atoms with E-state index in [2.05, 4.69) is 18.5 Å². The van der Waals surface area contributed by atoms with E-state index in [-0.39, 0.29) is 43.8 Å². The second-order valence-corrected chi connectivity index (χ2v) is 13.1. The Bertz CT molecular complexity index is 1510. The molecule has 11 nitrogen and oxygen atoms in total. The molecule has 0 radical (unpaired) electrons. The molecule has 0 aromatic heterocycles. The summed E-state index contributed by atoms with van der Waals surface area (Å²) in [6, 6.07) is 15.3. The molecule has 11 heteroatoms. The minimum atomic E-state index is -1.21. The average molecular weight is 688 g/mol. The fourth-order valence-electron chi connectivity index (χ4n) is 7.69. The lowest BCUT2D eigenvalue weighted by molar-refractivity contribution is -0.160. The van der Waals surface area contributed by atoms with E-state index < -0.39 is 41.7 Å². The number of fused-ring (bicyclic) bond motifs is 1. The number of carbonyl (C=O) groups excluding carboxylic acids is 4. The lowest BCUT2D eigenvalue weighted by atomic mass is 9.70. The molecule has 2 aromatic rings. The van der Waals surface area contributed by atoms with E-state index in [1.54, 1.807) is 53.3 Å². The first-order valence-corrected chi connectivity index (χ1v) is 17.6. The van der Waals surface area contributed by atoms with Crippen molar-refractivity contribution >= 4 is 29.4 Å². The summed E-state index contributed by atoms with van der Waals surface area (Å²) in [5.41, 5.74) is 0.120. The maximum absolute atomic E-state index is 14.7. The van der Waals surface area contributed by atoms with Crippen LogP contribution in [0.1, 0.15) is 63.0 Å². The lowest BCUT2D eigenvalue weighted by Gasteiger charge is -2.37. The van der Waals surface area contributed by atoms with E-state index >= 15 is 0 Å². The van der Waals surface area contributed by atoms with Gasteiger partial charge >= 0.3 is 5.97 Å². The van der Waals surface area contributed by atoms with Crippen LogP contribution >= 0.6 is 0 Å². The smallest absolute Gasteiger partial charge is 0.313 e. The third-order valence-electron chi connectivity index (χ3n) is 10.1. The normalized spacial score (nSPS) is 24.0. The van der Waals surface area contributed by atoms with Crippen LogP contribution in [0, 0.1) is 11.8 Å². The SMILES string of the molecule is C=CCCC(=O)NC[C@@H](OC(=O)[C@@H]1[C@@H]2CC[C@]3(O2)[C@H](C(=O)N(CC=C)c2ccc(OC)cc2)N(CCCCCCO)C(=O)[C@@H]13)c1ccccc1. The molecule has 3 aliphatic rings. The Morgan fingerprint density at radius 1 is 1.08 bits per heavy atom. The highest BCUT2D eigenvalue weighted by molar-refractivity contribution is 6.04. The molecule has 268 valence electrons. The van der Waals surface area contributed by atoms with E-state index in [1.165, 1.54) is 0 Å². The number of carbonyl (C=O) groups is 4. The number of esters is 1. The van der Waals surface area contributed by atoms with E-state index in [9.17, 15) is 24.3 Å². The van der Waals surface area contributed by atoms with Crippen LogP contribution in [0.3, 0.4) is 0 Å². The number of likely N-dealkylation sites (tertiary alicyclic amines) is 1. The van der Waals surface area contributed by atoms with Gasteiger partial charge in [-0.2, -0.15) is 0 Å². The van der Waals surface area contributed by atoms with Gasteiger partial charge in [0.2, 0.25) is 11.8 Å². The summed E-state index contributed by atoms with van der Waals surface area (Å²) >= 11 is 0. The summed E-state index contributed by atoms with van der Waals surface area (Å²) < 4.78 is 18.1. The van der Waals surface area contributed by atoms with Crippen molar-refractivity contribution in [2.45, 2.75) is 75.2 Å². The number of hydrogen-bond donors (Lipinski definition) is 2. The van der Waals surface area contributed by atoms with Gasteiger partial charge in [-0.15, -0.1) is 13.2 Å². The van der Waals surface area contributed by atoms with Crippen molar-refractivity contribution in [3.8, 4) is 5.75 Å². The van der Waals surface area contributed by atoms with Crippen molar-refractivity contribution in [1.82, 2.24) is 10.2 Å². The zero-order chi connectivity index (χ0) is 35.7. The van der Waals surface area contributed by atoms with Gasteiger partial charge in [-0.05, 0) is 61.9 Å². The van der Waals surface area contributed by atoms with Crippen molar-refractivity contribution in [3.05, 3.63) is 85.5 Å². The molecule has 3 saturated heterocycles. The Morgan fingerprint density at radius 3 is 2.50 bits per heavy atom. The molecule has 3 amide bonds. The van der Waals surface area contributed by atoms with Gasteiger partial charge < -0.3 is 34.4 Å².